The maximum absolute atomic E-state index is 12.0. The number of halogens is 1. The Balaban J connectivity index is 1.30. The largest absolute Gasteiger partial charge is 0.489 e. The van der Waals surface area contributed by atoms with E-state index in [-0.39, 0.29) is 17.4 Å². The van der Waals surface area contributed by atoms with Crippen molar-refractivity contribution in [3.8, 4) is 34.4 Å². The Morgan fingerprint density at radius 2 is 1.59 bits per heavy atom. The molecule has 2 bridgehead atoms. The summed E-state index contributed by atoms with van der Waals surface area (Å²) in [6, 6.07) is 35.0. The zero-order valence-electron chi connectivity index (χ0n) is 26.3. The van der Waals surface area contributed by atoms with Gasteiger partial charge >= 0.3 is 6.09 Å². The molecule has 0 unspecified atom stereocenters. The first-order valence-corrected chi connectivity index (χ1v) is 16.5. The topological polar surface area (TPSA) is 112 Å². The number of nitrogens with zero attached hydrogens (tertiary/aromatic N) is 5. The number of carbonyl (C=O) groups is 1. The number of aromatic nitrogens is 2. The van der Waals surface area contributed by atoms with Crippen LogP contribution in [0.1, 0.15) is 24.0 Å². The summed E-state index contributed by atoms with van der Waals surface area (Å²) in [5.74, 6) is 2.22. The number of amides is 1. The van der Waals surface area contributed by atoms with Gasteiger partial charge in [0.2, 0.25) is 5.28 Å². The van der Waals surface area contributed by atoms with Crippen LogP contribution in [0.5, 0.6) is 17.2 Å². The molecule has 8 rings (SSSR count). The fourth-order valence-electron chi connectivity index (χ4n) is 7.13. The average Bonchev–Trinajstić information content (AvgIpc) is 3.40. The van der Waals surface area contributed by atoms with Crippen LogP contribution >= 0.6 is 11.6 Å². The number of benzene rings is 5. The van der Waals surface area contributed by atoms with Crippen molar-refractivity contribution < 1.29 is 19.4 Å². The Morgan fingerprint density at radius 1 is 0.857 bits per heavy atom. The lowest BCUT2D eigenvalue weighted by Gasteiger charge is -2.40. The number of nitriles is 1. The van der Waals surface area contributed by atoms with Crippen LogP contribution in [-0.4, -0.2) is 51.2 Å². The second-order valence-electron chi connectivity index (χ2n) is 12.3. The zero-order chi connectivity index (χ0) is 33.5. The molecule has 6 aromatic rings. The fourth-order valence-corrected chi connectivity index (χ4v) is 7.30. The van der Waals surface area contributed by atoms with Crippen LogP contribution in [0.3, 0.4) is 0 Å². The van der Waals surface area contributed by atoms with Crippen molar-refractivity contribution in [3.63, 3.8) is 0 Å². The van der Waals surface area contributed by atoms with Crippen LogP contribution in [0, 0.1) is 11.3 Å². The molecule has 49 heavy (non-hydrogen) atoms. The lowest BCUT2D eigenvalue weighted by molar-refractivity contribution is 0.114. The van der Waals surface area contributed by atoms with E-state index in [1.54, 1.807) is 23.1 Å². The fraction of sp³-hybridized carbons (Fsp3) is 0.179. The highest BCUT2D eigenvalue weighted by atomic mass is 35.5. The molecular formula is C39H30ClN5O4. The molecule has 5 aromatic carbocycles. The number of fused-ring (bicyclic) bond motifs is 4. The molecule has 2 aliphatic rings. The van der Waals surface area contributed by atoms with Crippen molar-refractivity contribution in [2.24, 2.45) is 0 Å². The predicted octanol–water partition coefficient (Wildman–Crippen LogP) is 8.68. The molecule has 3 heterocycles. The summed E-state index contributed by atoms with van der Waals surface area (Å²) in [5, 5.41) is 22.5. The van der Waals surface area contributed by atoms with Crippen molar-refractivity contribution in [1.82, 2.24) is 14.9 Å². The van der Waals surface area contributed by atoms with E-state index < -0.39 is 6.09 Å². The molecule has 10 heteroatoms. The van der Waals surface area contributed by atoms with Crippen LogP contribution in [0.4, 0.5) is 10.6 Å². The van der Waals surface area contributed by atoms with Crippen molar-refractivity contribution in [1.29, 1.82) is 5.26 Å². The number of hydrogen-bond acceptors (Lipinski definition) is 7. The first kappa shape index (κ1) is 30.5. The van der Waals surface area contributed by atoms with Gasteiger partial charge in [-0.05, 0) is 82.7 Å². The quantitative estimate of drug-likeness (QED) is 0.168. The van der Waals surface area contributed by atoms with Crippen molar-refractivity contribution in [2.45, 2.75) is 31.5 Å². The summed E-state index contributed by atoms with van der Waals surface area (Å²) in [6.45, 7) is 1.39. The molecule has 1 aromatic heterocycles. The second-order valence-corrected chi connectivity index (χ2v) is 12.7. The molecule has 1 amide bonds. The van der Waals surface area contributed by atoms with E-state index in [0.717, 1.165) is 40.3 Å². The zero-order valence-corrected chi connectivity index (χ0v) is 27.0. The second kappa shape index (κ2) is 12.6. The molecule has 9 nitrogen and oxygen atoms in total. The molecule has 2 fully saturated rings. The Kier molecular flexibility index (Phi) is 7.86. The van der Waals surface area contributed by atoms with Crippen LogP contribution in [0.25, 0.3) is 32.8 Å². The van der Waals surface area contributed by atoms with E-state index in [2.05, 4.69) is 27.0 Å². The first-order valence-electron chi connectivity index (χ1n) is 16.1. The Bertz CT molecular complexity index is 2260. The van der Waals surface area contributed by atoms with Crippen molar-refractivity contribution in [2.75, 3.05) is 18.0 Å². The monoisotopic (exact) mass is 667 g/mol. The van der Waals surface area contributed by atoms with Crippen molar-refractivity contribution >= 4 is 45.2 Å². The summed E-state index contributed by atoms with van der Waals surface area (Å²) in [6.07, 6.45) is 0.698. The Morgan fingerprint density at radius 3 is 2.37 bits per heavy atom. The van der Waals surface area contributed by atoms with Gasteiger partial charge in [0.25, 0.3) is 0 Å². The highest BCUT2D eigenvalue weighted by Crippen LogP contribution is 2.44. The lowest BCUT2D eigenvalue weighted by atomic mass is 9.95. The molecule has 0 spiro atoms. The number of hydrogen-bond donors (Lipinski definition) is 1. The molecule has 0 radical (unpaired) electrons. The van der Waals surface area contributed by atoms with E-state index >= 15 is 0 Å². The minimum Gasteiger partial charge on any atom is -0.489 e. The number of ether oxygens (including phenoxy) is 2. The minimum atomic E-state index is -0.892. The normalized spacial score (nSPS) is 16.9. The van der Waals surface area contributed by atoms with E-state index in [0.29, 0.717) is 59.2 Å². The van der Waals surface area contributed by atoms with Crippen LogP contribution < -0.4 is 14.4 Å². The maximum Gasteiger partial charge on any atom is 0.407 e. The average molecular weight is 668 g/mol. The number of para-hydroxylation sites is 1. The summed E-state index contributed by atoms with van der Waals surface area (Å²) in [4.78, 5) is 25.0. The van der Waals surface area contributed by atoms with Gasteiger partial charge < -0.3 is 19.5 Å². The van der Waals surface area contributed by atoms with E-state index in [4.69, 9.17) is 21.1 Å². The van der Waals surface area contributed by atoms with E-state index in [1.165, 1.54) is 0 Å². The smallest absolute Gasteiger partial charge is 0.407 e. The Labute approximate surface area is 287 Å². The van der Waals surface area contributed by atoms with Gasteiger partial charge in [0.1, 0.15) is 35.7 Å². The first-order chi connectivity index (χ1) is 23.9. The number of anilines is 1. The third kappa shape index (κ3) is 5.81. The summed E-state index contributed by atoms with van der Waals surface area (Å²) >= 11 is 6.60. The predicted molar refractivity (Wildman–Crippen MR) is 188 cm³/mol. The maximum atomic E-state index is 12.0. The van der Waals surface area contributed by atoms with E-state index in [9.17, 15) is 15.2 Å². The molecule has 1 N–H and O–H groups in total. The standard InChI is InChI=1S/C39H30ClN5O4/c40-38-42-34-18-32(31-17-29(16-25-10-4-6-12-30(25)31)48-23-24-8-2-1-3-9-24)36(49-35-13-7-5-11-26(35)20-41)19-33(34)37(43-38)44-21-27-14-15-28(22-44)45(27)39(46)47/h1-13,16-19,27-28H,14-15,21-23H2,(H,46,47)/t27-,28+. The molecule has 0 saturated carbocycles. The molecule has 242 valence electrons. The molecule has 2 saturated heterocycles. The van der Waals surface area contributed by atoms with Gasteiger partial charge in [-0.25, -0.2) is 9.78 Å². The molecule has 0 aliphatic carbocycles. The summed E-state index contributed by atoms with van der Waals surface area (Å²) < 4.78 is 13.0. The molecular weight excluding hydrogens is 638 g/mol. The summed E-state index contributed by atoms with van der Waals surface area (Å²) in [7, 11) is 0. The number of rotatable bonds is 7. The summed E-state index contributed by atoms with van der Waals surface area (Å²) in [5.41, 5.74) is 3.65. The van der Waals surface area contributed by atoms with Gasteiger partial charge in [-0.3, -0.25) is 4.90 Å². The van der Waals surface area contributed by atoms with Gasteiger partial charge in [-0.2, -0.15) is 10.2 Å². The Hall–Kier alpha value is -5.85. The van der Waals surface area contributed by atoms with Gasteiger partial charge in [0.05, 0.1) is 23.2 Å². The third-order valence-corrected chi connectivity index (χ3v) is 9.52. The molecule has 2 atom stereocenters. The van der Waals surface area contributed by atoms with Gasteiger partial charge in [-0.15, -0.1) is 0 Å². The van der Waals surface area contributed by atoms with E-state index in [1.807, 2.05) is 78.9 Å². The highest BCUT2D eigenvalue weighted by Gasteiger charge is 2.43. The highest BCUT2D eigenvalue weighted by molar-refractivity contribution is 6.29. The van der Waals surface area contributed by atoms with Crippen LogP contribution in [-0.2, 0) is 6.61 Å². The van der Waals surface area contributed by atoms with Gasteiger partial charge in [0.15, 0.2) is 0 Å². The third-order valence-electron chi connectivity index (χ3n) is 9.35. The SMILES string of the molecule is N#Cc1ccccc1Oc1cc2c(N3C[C@H]4CC[C@@H](C3)N4C(=O)O)nc(Cl)nc2cc1-c1cc(OCc2ccccc2)cc2ccccc12. The van der Waals surface area contributed by atoms with Crippen LogP contribution in [0.2, 0.25) is 5.28 Å². The number of piperazine rings is 1. The lowest BCUT2D eigenvalue weighted by Crippen LogP contribution is -2.55. The van der Waals surface area contributed by atoms with Crippen molar-refractivity contribution in [3.05, 3.63) is 120 Å². The van der Waals surface area contributed by atoms with Gasteiger partial charge in [-0.1, -0.05) is 66.7 Å². The van der Waals surface area contributed by atoms with Crippen LogP contribution in [0.15, 0.2) is 103 Å². The minimum absolute atomic E-state index is 0.0924. The van der Waals surface area contributed by atoms with Gasteiger partial charge in [0, 0.05) is 24.0 Å². The number of carboxylic acid groups (broad SMARTS) is 1. The molecule has 2 aliphatic heterocycles.